The van der Waals surface area contributed by atoms with Crippen molar-refractivity contribution >= 4 is 0 Å². The fraction of sp³-hybridized carbons (Fsp3) is 0.750. The molecule has 0 unspecified atom stereocenters. The first-order valence-electron chi connectivity index (χ1n) is 3.77. The van der Waals surface area contributed by atoms with Crippen molar-refractivity contribution in [2.45, 2.75) is 13.1 Å². The van der Waals surface area contributed by atoms with Crippen LogP contribution < -0.4 is 0 Å². The molecule has 58 valence electrons. The fourth-order valence-electron chi connectivity index (χ4n) is 1.12. The molecule has 0 spiro atoms. The van der Waals surface area contributed by atoms with Crippen molar-refractivity contribution in [2.24, 2.45) is 0 Å². The average molecular weight is 140 g/mol. The highest BCUT2D eigenvalue weighted by Gasteiger charge is 2.13. The Balaban J connectivity index is 2.56. The maximum Gasteiger partial charge on any atom is 0.0593 e. The van der Waals surface area contributed by atoms with Gasteiger partial charge < -0.3 is 0 Å². The quantitative estimate of drug-likeness (QED) is 0.458. The highest BCUT2D eigenvalue weighted by molar-refractivity contribution is 4.91. The van der Waals surface area contributed by atoms with Gasteiger partial charge in [-0.15, -0.1) is 0 Å². The van der Waals surface area contributed by atoms with Crippen LogP contribution in [0.25, 0.3) is 0 Å². The number of hydrogen-bond donors (Lipinski definition) is 0. The predicted molar refractivity (Wildman–Crippen MR) is 43.9 cm³/mol. The van der Waals surface area contributed by atoms with E-state index in [2.05, 4.69) is 43.0 Å². The first kappa shape index (κ1) is 7.76. The Hall–Kier alpha value is -0.340. The Morgan fingerprint density at radius 3 is 1.90 bits per heavy atom. The minimum atomic E-state index is 0.565. The number of rotatable bonds is 0. The van der Waals surface area contributed by atoms with Crippen molar-refractivity contribution in [3.05, 3.63) is 12.2 Å². The highest BCUT2D eigenvalue weighted by atomic mass is 15.3. The van der Waals surface area contributed by atoms with Crippen LogP contribution in [0.3, 0.4) is 0 Å². The molecule has 10 heavy (non-hydrogen) atoms. The molecule has 0 amide bonds. The van der Waals surface area contributed by atoms with E-state index in [0.717, 1.165) is 13.1 Å². The molecular weight excluding hydrogens is 124 g/mol. The van der Waals surface area contributed by atoms with E-state index in [1.807, 2.05) is 0 Å². The van der Waals surface area contributed by atoms with E-state index in [1.165, 1.54) is 0 Å². The van der Waals surface area contributed by atoms with Crippen LogP contribution >= 0.6 is 0 Å². The van der Waals surface area contributed by atoms with Gasteiger partial charge in [0.1, 0.15) is 0 Å². The van der Waals surface area contributed by atoms with Crippen molar-refractivity contribution in [1.82, 2.24) is 9.80 Å². The Morgan fingerprint density at radius 1 is 1.10 bits per heavy atom. The van der Waals surface area contributed by atoms with Crippen LogP contribution in [0.5, 0.6) is 0 Å². The summed E-state index contributed by atoms with van der Waals surface area (Å²) >= 11 is 0. The zero-order chi connectivity index (χ0) is 7.56. The zero-order valence-corrected chi connectivity index (χ0v) is 7.04. The van der Waals surface area contributed by atoms with Crippen LogP contribution in [0.1, 0.15) is 6.92 Å². The molecular formula is C8H16N2. The maximum absolute atomic E-state index is 2.32. The molecule has 0 aromatic carbocycles. The van der Waals surface area contributed by atoms with Crippen molar-refractivity contribution in [1.29, 1.82) is 0 Å². The van der Waals surface area contributed by atoms with Crippen LogP contribution in [0, 0.1) is 0 Å². The molecule has 1 rings (SSSR count). The predicted octanol–water partition coefficient (Wildman–Crippen LogP) is 0.766. The molecule has 0 radical (unpaired) electrons. The molecule has 1 heterocycles. The van der Waals surface area contributed by atoms with Gasteiger partial charge in [-0.1, -0.05) is 12.2 Å². The molecule has 0 fully saturated rings. The first-order valence-corrected chi connectivity index (χ1v) is 3.77. The first-order chi connectivity index (χ1) is 4.72. The molecule has 2 nitrogen and oxygen atoms in total. The fourth-order valence-corrected chi connectivity index (χ4v) is 1.12. The summed E-state index contributed by atoms with van der Waals surface area (Å²) in [5, 5.41) is 0. The lowest BCUT2D eigenvalue weighted by atomic mass is 10.4. The van der Waals surface area contributed by atoms with Gasteiger partial charge in [0.15, 0.2) is 0 Å². The molecule has 0 atom stereocenters. The number of nitrogens with zero attached hydrogens (tertiary/aromatic N) is 2. The second-order valence-electron chi connectivity index (χ2n) is 2.98. The summed E-state index contributed by atoms with van der Waals surface area (Å²) in [4.78, 5) is 4.65. The van der Waals surface area contributed by atoms with E-state index in [4.69, 9.17) is 0 Å². The summed E-state index contributed by atoms with van der Waals surface area (Å²) < 4.78 is 0. The minimum absolute atomic E-state index is 0.565. The van der Waals surface area contributed by atoms with Gasteiger partial charge in [-0.3, -0.25) is 9.80 Å². The molecule has 0 saturated heterocycles. The van der Waals surface area contributed by atoms with E-state index >= 15 is 0 Å². The van der Waals surface area contributed by atoms with Crippen LogP contribution in [-0.4, -0.2) is 43.2 Å². The summed E-state index contributed by atoms with van der Waals surface area (Å²) in [6.45, 7) is 4.38. The van der Waals surface area contributed by atoms with Gasteiger partial charge in [-0.25, -0.2) is 0 Å². The molecule has 0 aliphatic carbocycles. The normalized spacial score (nSPS) is 25.1. The Bertz CT molecular complexity index is 117. The van der Waals surface area contributed by atoms with Crippen molar-refractivity contribution in [2.75, 3.05) is 27.2 Å². The summed E-state index contributed by atoms with van der Waals surface area (Å²) in [6, 6.07) is 0. The zero-order valence-electron chi connectivity index (χ0n) is 7.04. The van der Waals surface area contributed by atoms with Crippen LogP contribution in [0.2, 0.25) is 0 Å². The molecule has 0 aromatic rings. The smallest absolute Gasteiger partial charge is 0.0593 e. The van der Waals surface area contributed by atoms with E-state index < -0.39 is 0 Å². The highest BCUT2D eigenvalue weighted by Crippen LogP contribution is 2.04. The van der Waals surface area contributed by atoms with Crippen LogP contribution in [0.15, 0.2) is 12.2 Å². The van der Waals surface area contributed by atoms with Gasteiger partial charge in [-0.05, 0) is 21.0 Å². The van der Waals surface area contributed by atoms with Gasteiger partial charge in [0.25, 0.3) is 0 Å². The van der Waals surface area contributed by atoms with E-state index in [-0.39, 0.29) is 0 Å². The van der Waals surface area contributed by atoms with Crippen LogP contribution in [0.4, 0.5) is 0 Å². The summed E-state index contributed by atoms with van der Waals surface area (Å²) in [5.41, 5.74) is 0. The molecule has 0 N–H and O–H groups in total. The maximum atomic E-state index is 2.32. The van der Waals surface area contributed by atoms with E-state index in [1.54, 1.807) is 0 Å². The van der Waals surface area contributed by atoms with Crippen molar-refractivity contribution in [3.8, 4) is 0 Å². The lowest BCUT2D eigenvalue weighted by molar-refractivity contribution is 0.125. The van der Waals surface area contributed by atoms with Gasteiger partial charge >= 0.3 is 0 Å². The van der Waals surface area contributed by atoms with Gasteiger partial charge in [0.2, 0.25) is 0 Å². The second kappa shape index (κ2) is 3.17. The lowest BCUT2D eigenvalue weighted by Gasteiger charge is -2.29. The van der Waals surface area contributed by atoms with Gasteiger partial charge in [0.05, 0.1) is 6.17 Å². The molecule has 1 aliphatic heterocycles. The largest absolute Gasteiger partial charge is 0.287 e. The Morgan fingerprint density at radius 2 is 1.50 bits per heavy atom. The third kappa shape index (κ3) is 1.58. The Kier molecular flexibility index (Phi) is 2.46. The number of hydrogen-bond acceptors (Lipinski definition) is 2. The van der Waals surface area contributed by atoms with Crippen LogP contribution in [-0.2, 0) is 0 Å². The SMILES string of the molecule is CC1N(C)CC=CCN1C. The molecule has 0 aromatic heterocycles. The van der Waals surface area contributed by atoms with Gasteiger partial charge in [-0.2, -0.15) is 0 Å². The van der Waals surface area contributed by atoms with Gasteiger partial charge in [0, 0.05) is 13.1 Å². The van der Waals surface area contributed by atoms with E-state index in [0.29, 0.717) is 6.17 Å². The van der Waals surface area contributed by atoms with Crippen molar-refractivity contribution in [3.63, 3.8) is 0 Å². The molecule has 0 bridgehead atoms. The third-order valence-corrected chi connectivity index (χ3v) is 2.23. The second-order valence-corrected chi connectivity index (χ2v) is 2.98. The van der Waals surface area contributed by atoms with E-state index in [9.17, 15) is 0 Å². The molecule has 0 saturated carbocycles. The minimum Gasteiger partial charge on any atom is -0.287 e. The molecule has 2 heteroatoms. The monoisotopic (exact) mass is 140 g/mol. The Labute approximate surface area is 63.1 Å². The summed E-state index contributed by atoms with van der Waals surface area (Å²) in [7, 11) is 4.30. The van der Waals surface area contributed by atoms with Crippen molar-refractivity contribution < 1.29 is 0 Å². The average Bonchev–Trinajstić information content (AvgIpc) is 2.04. The molecule has 1 aliphatic rings. The third-order valence-electron chi connectivity index (χ3n) is 2.23. The summed E-state index contributed by atoms with van der Waals surface area (Å²) in [5.74, 6) is 0. The standard InChI is InChI=1S/C8H16N2/c1-8-9(2)6-4-5-7-10(8)3/h4-5,8H,6-7H2,1-3H3. The topological polar surface area (TPSA) is 6.48 Å². The lowest BCUT2D eigenvalue weighted by Crippen LogP contribution is -2.40. The number of likely N-dealkylation sites (N-methyl/N-ethyl adjacent to an activating group) is 2. The summed E-state index contributed by atoms with van der Waals surface area (Å²) in [6.07, 6.45) is 5.01.